The standard InChI is InChI=1S/C10H9N3O.C6H12BO2.C2H6O.C2H6/c1-13-3-2-8(12-13)6-4-7-9(10(7)14)11-5-6;1-5(2)6(3,4)9-7-8-5;1-2-3;1-2/h2-5,8,12H,1H3;1-4H3;3H,2H2,1H3;1-2H3. The zero-order chi connectivity index (χ0) is 21.5. The lowest BCUT2D eigenvalue weighted by atomic mass is 9.90. The van der Waals surface area contributed by atoms with E-state index < -0.39 is 0 Å². The Hall–Kier alpha value is -1.74. The Balaban J connectivity index is 0.000000243. The first kappa shape index (κ1) is 24.3. The van der Waals surface area contributed by atoms with Gasteiger partial charge in [0.05, 0.1) is 22.6 Å². The lowest BCUT2D eigenvalue weighted by Gasteiger charge is -2.32. The van der Waals surface area contributed by atoms with E-state index in [1.54, 1.807) is 13.1 Å². The molecule has 1 saturated heterocycles. The minimum Gasteiger partial charge on any atom is -0.405 e. The Morgan fingerprint density at radius 2 is 1.79 bits per heavy atom. The molecular formula is C20H33BN3O4. The summed E-state index contributed by atoms with van der Waals surface area (Å²) in [4.78, 5) is 15.1. The minimum atomic E-state index is -0.188. The summed E-state index contributed by atoms with van der Waals surface area (Å²) in [7, 11) is 3.35. The maximum Gasteiger partial charge on any atom is 0.488 e. The summed E-state index contributed by atoms with van der Waals surface area (Å²) in [6.45, 7) is 14.0. The summed E-state index contributed by atoms with van der Waals surface area (Å²) in [5, 5.41) is 10.2. The van der Waals surface area contributed by atoms with Crippen LogP contribution in [0.1, 0.15) is 60.1 Å². The summed E-state index contributed by atoms with van der Waals surface area (Å²) >= 11 is 0. The first-order valence-electron chi connectivity index (χ1n) is 9.63. The molecule has 8 heteroatoms. The number of aromatic nitrogens is 1. The second kappa shape index (κ2) is 10.2. The van der Waals surface area contributed by atoms with Crippen molar-refractivity contribution in [2.45, 2.75) is 65.7 Å². The monoisotopic (exact) mass is 390 g/mol. The van der Waals surface area contributed by atoms with Gasteiger partial charge < -0.3 is 19.4 Å². The van der Waals surface area contributed by atoms with Gasteiger partial charge in [0.1, 0.15) is 5.52 Å². The van der Waals surface area contributed by atoms with Crippen molar-refractivity contribution < 1.29 is 14.4 Å². The van der Waals surface area contributed by atoms with Gasteiger partial charge in [-0.1, -0.05) is 13.8 Å². The molecular weight excluding hydrogens is 357 g/mol. The van der Waals surface area contributed by atoms with Crippen LogP contribution in [0.25, 0.3) is 10.9 Å². The van der Waals surface area contributed by atoms with Gasteiger partial charge in [0.25, 0.3) is 0 Å². The van der Waals surface area contributed by atoms with Gasteiger partial charge in [0.2, 0.25) is 5.43 Å². The highest BCUT2D eigenvalue weighted by Gasteiger charge is 2.44. The number of nitrogens with zero attached hydrogens (tertiary/aromatic N) is 2. The molecule has 0 saturated carbocycles. The zero-order valence-electron chi connectivity index (χ0n) is 18.2. The lowest BCUT2D eigenvalue weighted by Crippen LogP contribution is -2.41. The topological polar surface area (TPSA) is 83.9 Å². The van der Waals surface area contributed by atoms with Crippen LogP contribution in [-0.2, 0) is 9.31 Å². The molecule has 2 aliphatic heterocycles. The van der Waals surface area contributed by atoms with Crippen molar-refractivity contribution in [1.82, 2.24) is 15.4 Å². The molecule has 1 radical (unpaired) electrons. The highest BCUT2D eigenvalue weighted by atomic mass is 16.7. The Morgan fingerprint density at radius 3 is 2.14 bits per heavy atom. The van der Waals surface area contributed by atoms with Gasteiger partial charge in [0.15, 0.2) is 0 Å². The van der Waals surface area contributed by atoms with Crippen LogP contribution in [0, 0.1) is 0 Å². The first-order valence-corrected chi connectivity index (χ1v) is 9.63. The van der Waals surface area contributed by atoms with Gasteiger partial charge in [-0.3, -0.25) is 9.78 Å². The van der Waals surface area contributed by atoms with Gasteiger partial charge >= 0.3 is 7.69 Å². The normalized spacial score (nSPS) is 21.2. The highest BCUT2D eigenvalue weighted by molar-refractivity contribution is 6.19. The Morgan fingerprint density at radius 1 is 1.25 bits per heavy atom. The number of hydrazine groups is 1. The van der Waals surface area contributed by atoms with Gasteiger partial charge in [-0.05, 0) is 52.3 Å². The first-order chi connectivity index (χ1) is 13.1. The molecule has 3 heterocycles. The van der Waals surface area contributed by atoms with Crippen molar-refractivity contribution in [2.24, 2.45) is 0 Å². The Bertz CT molecular complexity index is 768. The molecule has 1 fully saturated rings. The summed E-state index contributed by atoms with van der Waals surface area (Å²) < 4.78 is 10.4. The number of hydrogen-bond donors (Lipinski definition) is 2. The fourth-order valence-electron chi connectivity index (χ4n) is 2.20. The maximum absolute atomic E-state index is 11.1. The lowest BCUT2D eigenvalue weighted by molar-refractivity contribution is 0.00578. The molecule has 2 N–H and O–H groups in total. The Kier molecular flexibility index (Phi) is 8.82. The predicted molar refractivity (Wildman–Crippen MR) is 113 cm³/mol. The van der Waals surface area contributed by atoms with Crippen molar-refractivity contribution in [3.05, 3.63) is 40.3 Å². The van der Waals surface area contributed by atoms with Crippen molar-refractivity contribution in [2.75, 3.05) is 13.7 Å². The fourth-order valence-corrected chi connectivity index (χ4v) is 2.20. The van der Waals surface area contributed by atoms with Gasteiger partial charge in [-0.15, -0.1) is 0 Å². The number of aliphatic hydroxyl groups excluding tert-OH is 1. The van der Waals surface area contributed by atoms with E-state index in [0.717, 1.165) is 10.9 Å². The van der Waals surface area contributed by atoms with Gasteiger partial charge in [-0.25, -0.2) is 5.43 Å². The molecule has 0 spiro atoms. The molecule has 4 rings (SSSR count). The van der Waals surface area contributed by atoms with Gasteiger partial charge in [0, 0.05) is 26.1 Å². The molecule has 2 aliphatic rings. The van der Waals surface area contributed by atoms with Crippen LogP contribution in [0.3, 0.4) is 0 Å². The molecule has 28 heavy (non-hydrogen) atoms. The summed E-state index contributed by atoms with van der Waals surface area (Å²) in [6, 6.07) is 2.05. The largest absolute Gasteiger partial charge is 0.488 e. The van der Waals surface area contributed by atoms with Crippen molar-refractivity contribution in [3.63, 3.8) is 0 Å². The summed E-state index contributed by atoms with van der Waals surface area (Å²) in [5.74, 6) is 0. The quantitative estimate of drug-likeness (QED) is 0.725. The van der Waals surface area contributed by atoms with E-state index in [2.05, 4.69) is 10.4 Å². The van der Waals surface area contributed by atoms with E-state index >= 15 is 0 Å². The number of rotatable bonds is 1. The number of pyridine rings is 1. The molecule has 2 aromatic rings. The van der Waals surface area contributed by atoms with Crippen LogP contribution in [-0.4, -0.2) is 47.6 Å². The van der Waals surface area contributed by atoms with Gasteiger partial charge in [-0.2, -0.15) is 0 Å². The van der Waals surface area contributed by atoms with Crippen molar-refractivity contribution in [3.8, 4) is 0 Å². The molecule has 0 amide bonds. The number of aliphatic hydroxyl groups is 1. The fraction of sp³-hybridized carbons (Fsp3) is 0.600. The molecule has 1 unspecified atom stereocenters. The smallest absolute Gasteiger partial charge is 0.405 e. The van der Waals surface area contributed by atoms with Crippen LogP contribution >= 0.6 is 0 Å². The van der Waals surface area contributed by atoms with Crippen molar-refractivity contribution in [1.29, 1.82) is 0 Å². The summed E-state index contributed by atoms with van der Waals surface area (Å²) in [6.07, 6.45) is 5.75. The van der Waals surface area contributed by atoms with E-state index in [4.69, 9.17) is 14.4 Å². The molecule has 155 valence electrons. The molecule has 7 nitrogen and oxygen atoms in total. The van der Waals surface area contributed by atoms with Crippen LogP contribution in [0.4, 0.5) is 0 Å². The molecule has 1 aromatic carbocycles. The van der Waals surface area contributed by atoms with E-state index in [1.807, 2.05) is 71.9 Å². The highest BCUT2D eigenvalue weighted by Crippen LogP contribution is 2.33. The maximum atomic E-state index is 11.1. The molecule has 0 aliphatic carbocycles. The van der Waals surface area contributed by atoms with Crippen LogP contribution in [0.5, 0.6) is 0 Å². The number of hydrogen-bond acceptors (Lipinski definition) is 7. The van der Waals surface area contributed by atoms with Crippen LogP contribution in [0.2, 0.25) is 0 Å². The second-order valence-electron chi connectivity index (χ2n) is 7.22. The van der Waals surface area contributed by atoms with Crippen molar-refractivity contribution >= 4 is 18.6 Å². The number of nitrogens with one attached hydrogen (secondary N) is 1. The number of fused-ring (bicyclic) bond motifs is 1. The summed E-state index contributed by atoms with van der Waals surface area (Å²) in [5.41, 5.74) is 4.59. The molecule has 1 aromatic heterocycles. The van der Waals surface area contributed by atoms with E-state index in [0.29, 0.717) is 5.52 Å². The Labute approximate surface area is 168 Å². The van der Waals surface area contributed by atoms with E-state index in [-0.39, 0.29) is 29.3 Å². The molecule has 0 bridgehead atoms. The second-order valence-corrected chi connectivity index (χ2v) is 7.22. The average molecular weight is 390 g/mol. The average Bonchev–Trinajstić information content (AvgIpc) is 2.96. The SMILES string of the molecule is CC.CC1(C)O[B]OC1(C)C.CCO.CN1C=CC(c2cnc3c(=O)c3c2)N1. The van der Waals surface area contributed by atoms with Crippen LogP contribution in [0.15, 0.2) is 29.3 Å². The third kappa shape index (κ3) is 5.88. The third-order valence-corrected chi connectivity index (χ3v) is 4.65. The zero-order valence-corrected chi connectivity index (χ0v) is 18.2. The molecule has 1 atom stereocenters. The van der Waals surface area contributed by atoms with E-state index in [9.17, 15) is 4.79 Å². The van der Waals surface area contributed by atoms with Crippen LogP contribution < -0.4 is 10.9 Å². The third-order valence-electron chi connectivity index (χ3n) is 4.65. The predicted octanol–water partition coefficient (Wildman–Crippen LogP) is 2.62. The minimum absolute atomic E-state index is 0.0894. The van der Waals surface area contributed by atoms with E-state index in [1.165, 1.54) is 7.69 Å².